The van der Waals surface area contributed by atoms with Crippen LogP contribution in [0.15, 0.2) is 23.8 Å². The molecular formula is C13H12BrNO2. The maximum absolute atomic E-state index is 11.9. The highest BCUT2D eigenvalue weighted by molar-refractivity contribution is 9.15. The summed E-state index contributed by atoms with van der Waals surface area (Å²) < 4.78 is 0.709. The summed E-state index contributed by atoms with van der Waals surface area (Å²) in [6, 6.07) is 5.84. The van der Waals surface area contributed by atoms with Gasteiger partial charge in [0.1, 0.15) is 6.29 Å². The fourth-order valence-corrected chi connectivity index (χ4v) is 2.43. The summed E-state index contributed by atoms with van der Waals surface area (Å²) in [5.74, 6) is -0.0756. The number of rotatable bonds is 1. The van der Waals surface area contributed by atoms with Gasteiger partial charge in [0.15, 0.2) is 0 Å². The van der Waals surface area contributed by atoms with Crippen LogP contribution in [0.3, 0.4) is 0 Å². The third-order valence-electron chi connectivity index (χ3n) is 2.89. The molecule has 4 heteroatoms. The number of hydrogen-bond acceptors (Lipinski definition) is 2. The van der Waals surface area contributed by atoms with Gasteiger partial charge in [0.2, 0.25) is 5.91 Å². The lowest BCUT2D eigenvalue weighted by molar-refractivity contribution is -0.118. The summed E-state index contributed by atoms with van der Waals surface area (Å²) in [6.45, 7) is 1.97. The molecule has 1 aliphatic rings. The van der Waals surface area contributed by atoms with Crippen LogP contribution in [0.2, 0.25) is 0 Å². The van der Waals surface area contributed by atoms with Crippen LogP contribution < -0.4 is 4.90 Å². The van der Waals surface area contributed by atoms with Gasteiger partial charge < -0.3 is 4.90 Å². The Morgan fingerprint density at radius 3 is 2.76 bits per heavy atom. The fraction of sp³-hybridized carbons (Fsp3) is 0.231. The van der Waals surface area contributed by atoms with Crippen molar-refractivity contribution in [3.05, 3.63) is 34.9 Å². The number of benzene rings is 1. The molecule has 0 radical (unpaired) electrons. The first kappa shape index (κ1) is 12.0. The van der Waals surface area contributed by atoms with E-state index in [0.29, 0.717) is 10.1 Å². The van der Waals surface area contributed by atoms with E-state index in [1.807, 2.05) is 25.1 Å². The number of aldehydes is 1. The molecule has 0 bridgehead atoms. The summed E-state index contributed by atoms with van der Waals surface area (Å²) in [5.41, 5.74) is 3.28. The zero-order valence-corrected chi connectivity index (χ0v) is 11.2. The van der Waals surface area contributed by atoms with Gasteiger partial charge in [-0.2, -0.15) is 0 Å². The molecule has 1 aromatic rings. The molecule has 1 aliphatic heterocycles. The second-order valence-corrected chi connectivity index (χ2v) is 4.90. The minimum Gasteiger partial charge on any atom is -0.315 e. The summed E-state index contributed by atoms with van der Waals surface area (Å²) in [6.07, 6.45) is 0.874. The van der Waals surface area contributed by atoms with Crippen molar-refractivity contribution in [3.63, 3.8) is 0 Å². The van der Waals surface area contributed by atoms with Gasteiger partial charge in [0.25, 0.3) is 0 Å². The Morgan fingerprint density at radius 2 is 2.12 bits per heavy atom. The molecule has 0 saturated heterocycles. The molecule has 3 nitrogen and oxygen atoms in total. The zero-order chi connectivity index (χ0) is 12.6. The van der Waals surface area contributed by atoms with Crippen molar-refractivity contribution in [3.8, 4) is 0 Å². The van der Waals surface area contributed by atoms with Crippen molar-refractivity contribution in [2.24, 2.45) is 0 Å². The Balaban J connectivity index is 2.71. The van der Waals surface area contributed by atoms with Crippen LogP contribution >= 0.6 is 15.9 Å². The first-order chi connectivity index (χ1) is 8.04. The minimum atomic E-state index is -0.0756. The lowest BCUT2D eigenvalue weighted by Gasteiger charge is -2.18. The number of fused-ring (bicyclic) bond motifs is 1. The van der Waals surface area contributed by atoms with Gasteiger partial charge in [-0.1, -0.05) is 12.1 Å². The van der Waals surface area contributed by atoms with Crippen LogP contribution in [0.1, 0.15) is 17.5 Å². The molecule has 0 aromatic heterocycles. The van der Waals surface area contributed by atoms with Crippen LogP contribution in [0.25, 0.3) is 4.48 Å². The SMILES string of the molecule is Cc1ccc2c(c1)N(C)C(=O)CC(C=O)=C2Br. The summed E-state index contributed by atoms with van der Waals surface area (Å²) >= 11 is 3.41. The molecule has 17 heavy (non-hydrogen) atoms. The number of nitrogens with zero attached hydrogens (tertiary/aromatic N) is 1. The van der Waals surface area contributed by atoms with Crippen LogP contribution in [0.4, 0.5) is 5.69 Å². The minimum absolute atomic E-state index is 0.0756. The van der Waals surface area contributed by atoms with Gasteiger partial charge in [0.05, 0.1) is 12.1 Å². The van der Waals surface area contributed by atoms with Crippen molar-refractivity contribution in [1.82, 2.24) is 0 Å². The van der Waals surface area contributed by atoms with E-state index in [9.17, 15) is 9.59 Å². The van der Waals surface area contributed by atoms with Gasteiger partial charge in [-0.05, 0) is 34.5 Å². The molecule has 0 aliphatic carbocycles. The number of anilines is 1. The Bertz CT molecular complexity index is 534. The number of aryl methyl sites for hydroxylation is 1. The van der Waals surface area contributed by atoms with Gasteiger partial charge in [-0.25, -0.2) is 0 Å². The van der Waals surface area contributed by atoms with Crippen LogP contribution in [-0.2, 0) is 9.59 Å². The molecule has 1 heterocycles. The molecule has 2 rings (SSSR count). The third kappa shape index (κ3) is 2.05. The average molecular weight is 294 g/mol. The molecule has 0 spiro atoms. The Kier molecular flexibility index (Phi) is 3.15. The number of amides is 1. The summed E-state index contributed by atoms with van der Waals surface area (Å²) in [7, 11) is 1.73. The molecule has 0 unspecified atom stereocenters. The smallest absolute Gasteiger partial charge is 0.231 e. The fourth-order valence-electron chi connectivity index (χ4n) is 1.86. The summed E-state index contributed by atoms with van der Waals surface area (Å²) in [5, 5.41) is 0. The zero-order valence-electron chi connectivity index (χ0n) is 9.66. The van der Waals surface area contributed by atoms with E-state index in [0.717, 1.165) is 23.1 Å². The Hall–Kier alpha value is -1.42. The van der Waals surface area contributed by atoms with Crippen molar-refractivity contribution in [1.29, 1.82) is 0 Å². The van der Waals surface area contributed by atoms with E-state index >= 15 is 0 Å². The molecular weight excluding hydrogens is 282 g/mol. The van der Waals surface area contributed by atoms with Crippen molar-refractivity contribution < 1.29 is 9.59 Å². The van der Waals surface area contributed by atoms with E-state index in [4.69, 9.17) is 0 Å². The Morgan fingerprint density at radius 1 is 1.41 bits per heavy atom. The molecule has 0 atom stereocenters. The third-order valence-corrected chi connectivity index (χ3v) is 3.83. The van der Waals surface area contributed by atoms with E-state index in [1.54, 1.807) is 11.9 Å². The van der Waals surface area contributed by atoms with E-state index < -0.39 is 0 Å². The molecule has 88 valence electrons. The highest BCUT2D eigenvalue weighted by Gasteiger charge is 2.23. The normalized spacial score (nSPS) is 15.7. The van der Waals surface area contributed by atoms with E-state index in [2.05, 4.69) is 15.9 Å². The number of halogens is 1. The Labute approximate surface area is 108 Å². The maximum atomic E-state index is 11.9. The monoisotopic (exact) mass is 293 g/mol. The molecule has 0 N–H and O–H groups in total. The van der Waals surface area contributed by atoms with Crippen molar-refractivity contribution >= 4 is 38.3 Å². The lowest BCUT2D eigenvalue weighted by Crippen LogP contribution is -2.25. The van der Waals surface area contributed by atoms with Crippen molar-refractivity contribution in [2.45, 2.75) is 13.3 Å². The first-order valence-electron chi connectivity index (χ1n) is 5.26. The van der Waals surface area contributed by atoms with E-state index in [-0.39, 0.29) is 12.3 Å². The second kappa shape index (κ2) is 4.45. The van der Waals surface area contributed by atoms with Gasteiger partial charge in [-0.3, -0.25) is 9.59 Å². The van der Waals surface area contributed by atoms with Gasteiger partial charge >= 0.3 is 0 Å². The second-order valence-electron chi connectivity index (χ2n) is 4.11. The van der Waals surface area contributed by atoms with Gasteiger partial charge in [0, 0.05) is 22.7 Å². The lowest BCUT2D eigenvalue weighted by atomic mass is 10.1. The maximum Gasteiger partial charge on any atom is 0.231 e. The predicted octanol–water partition coefficient (Wildman–Crippen LogP) is 2.67. The highest BCUT2D eigenvalue weighted by atomic mass is 79.9. The number of carbonyl (C=O) groups excluding carboxylic acids is 2. The average Bonchev–Trinajstić information content (AvgIpc) is 2.40. The van der Waals surface area contributed by atoms with E-state index in [1.165, 1.54) is 0 Å². The molecule has 0 saturated carbocycles. The van der Waals surface area contributed by atoms with Crippen molar-refractivity contribution in [2.75, 3.05) is 11.9 Å². The summed E-state index contributed by atoms with van der Waals surface area (Å²) in [4.78, 5) is 24.5. The molecule has 0 fully saturated rings. The molecule has 1 aromatic carbocycles. The first-order valence-corrected chi connectivity index (χ1v) is 6.05. The number of hydrogen-bond donors (Lipinski definition) is 0. The quantitative estimate of drug-likeness (QED) is 0.747. The van der Waals surface area contributed by atoms with Gasteiger partial charge in [-0.15, -0.1) is 0 Å². The van der Waals surface area contributed by atoms with Crippen LogP contribution in [0.5, 0.6) is 0 Å². The standard InChI is InChI=1S/C13H12BrNO2/c1-8-3-4-10-11(5-8)15(2)12(17)6-9(7-16)13(10)14/h3-5,7H,6H2,1-2H3. The largest absolute Gasteiger partial charge is 0.315 e. The van der Waals surface area contributed by atoms with Crippen LogP contribution in [0, 0.1) is 6.92 Å². The number of carbonyl (C=O) groups is 2. The van der Waals surface area contributed by atoms with Crippen LogP contribution in [-0.4, -0.2) is 19.2 Å². The topological polar surface area (TPSA) is 37.4 Å². The molecule has 1 amide bonds. The highest BCUT2D eigenvalue weighted by Crippen LogP contribution is 2.37. The predicted molar refractivity (Wildman–Crippen MR) is 71.1 cm³/mol.